The second-order valence-electron chi connectivity index (χ2n) is 4.93. The fourth-order valence-electron chi connectivity index (χ4n) is 2.16. The number of aliphatic imine (C=N–C) groups is 1. The number of guanidine groups is 1. The van der Waals surface area contributed by atoms with Crippen LogP contribution in [0.4, 0.5) is 10.1 Å². The van der Waals surface area contributed by atoms with E-state index in [0.29, 0.717) is 30.2 Å². The molecule has 0 amide bonds. The number of nitrogens with two attached hydrogens (primary N) is 1. The molecule has 2 rings (SSSR count). The number of anilines is 1. The van der Waals surface area contributed by atoms with Crippen molar-refractivity contribution in [1.82, 2.24) is 0 Å². The maximum Gasteiger partial charge on any atom is 0.193 e. The summed E-state index contributed by atoms with van der Waals surface area (Å²) in [6.07, 6.45) is 0.383. The highest BCUT2D eigenvalue weighted by molar-refractivity contribution is 14.0. The lowest BCUT2D eigenvalue weighted by Crippen LogP contribution is -2.24. The summed E-state index contributed by atoms with van der Waals surface area (Å²) in [6.45, 7) is 0.813. The Morgan fingerprint density at radius 3 is 2.71 bits per heavy atom. The largest absolute Gasteiger partial charge is 0.380 e. The van der Waals surface area contributed by atoms with Crippen molar-refractivity contribution in [2.45, 2.75) is 13.0 Å². The average Bonchev–Trinajstić information content (AvgIpc) is 2.52. The number of para-hydroxylation sites is 1. The van der Waals surface area contributed by atoms with Gasteiger partial charge in [0, 0.05) is 35.5 Å². The number of ether oxygens (including phenoxy) is 1. The third-order valence-electron chi connectivity index (χ3n) is 3.29. The number of nitrogens with zero attached hydrogens (tertiary/aromatic N) is 1. The standard InChI is InChI=1S/C17H19ClFN3O.HI/c1-23-11-12-5-2-3-8-16(12)22-17(20)21-10-9-13-14(18)6-4-7-15(13)19;/h2-8H,9-11H2,1H3,(H3,20,21,22);1H. The maximum atomic E-state index is 13.7. The molecule has 0 aliphatic heterocycles. The van der Waals surface area contributed by atoms with Gasteiger partial charge in [-0.3, -0.25) is 4.99 Å². The Labute approximate surface area is 163 Å². The third kappa shape index (κ3) is 5.92. The summed E-state index contributed by atoms with van der Waals surface area (Å²) in [7, 11) is 1.63. The summed E-state index contributed by atoms with van der Waals surface area (Å²) in [5, 5.41) is 3.43. The Morgan fingerprint density at radius 2 is 2.00 bits per heavy atom. The molecule has 2 aromatic carbocycles. The van der Waals surface area contributed by atoms with E-state index in [1.54, 1.807) is 19.2 Å². The molecule has 0 unspecified atom stereocenters. The van der Waals surface area contributed by atoms with E-state index < -0.39 is 0 Å². The number of benzene rings is 2. The number of hydrogen-bond acceptors (Lipinski definition) is 2. The minimum Gasteiger partial charge on any atom is -0.380 e. The van der Waals surface area contributed by atoms with Gasteiger partial charge in [0.1, 0.15) is 5.82 Å². The Bertz CT molecular complexity index is 677. The van der Waals surface area contributed by atoms with Gasteiger partial charge >= 0.3 is 0 Å². The molecule has 0 radical (unpaired) electrons. The van der Waals surface area contributed by atoms with Gasteiger partial charge in [-0.1, -0.05) is 35.9 Å². The first-order valence-corrected chi connectivity index (χ1v) is 7.56. The first-order chi connectivity index (χ1) is 11.1. The van der Waals surface area contributed by atoms with Gasteiger partial charge in [0.15, 0.2) is 5.96 Å². The molecule has 130 valence electrons. The highest BCUT2D eigenvalue weighted by atomic mass is 127. The molecule has 7 heteroatoms. The van der Waals surface area contributed by atoms with E-state index in [-0.39, 0.29) is 35.8 Å². The van der Waals surface area contributed by atoms with Crippen LogP contribution in [-0.4, -0.2) is 19.6 Å². The van der Waals surface area contributed by atoms with Crippen LogP contribution in [0.25, 0.3) is 0 Å². The van der Waals surface area contributed by atoms with Crippen molar-refractivity contribution in [1.29, 1.82) is 0 Å². The predicted molar refractivity (Wildman–Crippen MR) is 108 cm³/mol. The molecule has 0 spiro atoms. The monoisotopic (exact) mass is 463 g/mol. The molecule has 24 heavy (non-hydrogen) atoms. The fraction of sp³-hybridized carbons (Fsp3) is 0.235. The predicted octanol–water partition coefficient (Wildman–Crippen LogP) is 4.21. The maximum absolute atomic E-state index is 13.7. The van der Waals surface area contributed by atoms with Crippen LogP contribution in [0.1, 0.15) is 11.1 Å². The minimum absolute atomic E-state index is 0. The van der Waals surface area contributed by atoms with Gasteiger partial charge < -0.3 is 15.8 Å². The lowest BCUT2D eigenvalue weighted by Gasteiger charge is -2.11. The van der Waals surface area contributed by atoms with Crippen LogP contribution in [0.15, 0.2) is 47.5 Å². The van der Waals surface area contributed by atoms with Gasteiger partial charge in [0.05, 0.1) is 6.61 Å². The van der Waals surface area contributed by atoms with Crippen molar-refractivity contribution in [2.24, 2.45) is 10.7 Å². The molecular weight excluding hydrogens is 444 g/mol. The number of hydrogen-bond donors (Lipinski definition) is 2. The SMILES string of the molecule is COCc1ccccc1NC(N)=NCCc1c(F)cccc1Cl.I. The molecule has 4 nitrogen and oxygen atoms in total. The number of halogens is 3. The molecule has 0 fully saturated rings. The second kappa shape index (κ2) is 10.5. The van der Waals surface area contributed by atoms with Crippen LogP contribution in [0.2, 0.25) is 5.02 Å². The van der Waals surface area contributed by atoms with Crippen molar-refractivity contribution >= 4 is 47.2 Å². The normalized spacial score (nSPS) is 11.0. The molecule has 0 saturated heterocycles. The quantitative estimate of drug-likeness (QED) is 0.383. The molecule has 0 atom stereocenters. The Morgan fingerprint density at radius 1 is 1.25 bits per heavy atom. The second-order valence-corrected chi connectivity index (χ2v) is 5.34. The average molecular weight is 464 g/mol. The van der Waals surface area contributed by atoms with E-state index in [2.05, 4.69) is 10.3 Å². The Kier molecular flexibility index (Phi) is 9.02. The van der Waals surface area contributed by atoms with Gasteiger partial charge in [0.25, 0.3) is 0 Å². The van der Waals surface area contributed by atoms with Crippen molar-refractivity contribution in [3.8, 4) is 0 Å². The lowest BCUT2D eigenvalue weighted by molar-refractivity contribution is 0.185. The molecule has 2 aromatic rings. The highest BCUT2D eigenvalue weighted by Crippen LogP contribution is 2.19. The molecule has 0 bridgehead atoms. The van der Waals surface area contributed by atoms with Crippen LogP contribution >= 0.6 is 35.6 Å². The topological polar surface area (TPSA) is 59.6 Å². The van der Waals surface area contributed by atoms with Gasteiger partial charge in [-0.15, -0.1) is 24.0 Å². The van der Waals surface area contributed by atoms with Crippen molar-refractivity contribution in [3.63, 3.8) is 0 Å². The molecule has 0 heterocycles. The number of rotatable bonds is 6. The van der Waals surface area contributed by atoms with Crippen molar-refractivity contribution in [3.05, 3.63) is 64.4 Å². The molecular formula is C17H20ClFIN3O. The van der Waals surface area contributed by atoms with E-state index in [0.717, 1.165) is 11.3 Å². The van der Waals surface area contributed by atoms with E-state index in [1.807, 2.05) is 24.3 Å². The van der Waals surface area contributed by atoms with Crippen LogP contribution < -0.4 is 11.1 Å². The van der Waals surface area contributed by atoms with Crippen LogP contribution in [0.3, 0.4) is 0 Å². The first kappa shape index (κ1) is 20.7. The highest BCUT2D eigenvalue weighted by Gasteiger charge is 2.06. The summed E-state index contributed by atoms with van der Waals surface area (Å²) in [4.78, 5) is 4.22. The van der Waals surface area contributed by atoms with E-state index in [9.17, 15) is 4.39 Å². The summed E-state index contributed by atoms with van der Waals surface area (Å²) >= 11 is 5.98. The van der Waals surface area contributed by atoms with Gasteiger partial charge in [0.2, 0.25) is 0 Å². The lowest BCUT2D eigenvalue weighted by atomic mass is 10.1. The molecule has 0 aliphatic carbocycles. The summed E-state index contributed by atoms with van der Waals surface area (Å²) in [6, 6.07) is 12.3. The van der Waals surface area contributed by atoms with Crippen LogP contribution in [0.5, 0.6) is 0 Å². The number of methoxy groups -OCH3 is 1. The fourth-order valence-corrected chi connectivity index (χ4v) is 2.42. The van der Waals surface area contributed by atoms with Gasteiger partial charge in [-0.25, -0.2) is 4.39 Å². The zero-order valence-corrected chi connectivity index (χ0v) is 16.3. The van der Waals surface area contributed by atoms with Crippen LogP contribution in [0, 0.1) is 5.82 Å². The minimum atomic E-state index is -0.329. The molecule has 0 saturated carbocycles. The summed E-state index contributed by atoms with van der Waals surface area (Å²) in [5.74, 6) is -0.0642. The Balaban J connectivity index is 0.00000288. The molecule has 3 N–H and O–H groups in total. The zero-order valence-electron chi connectivity index (χ0n) is 13.3. The zero-order chi connectivity index (χ0) is 16.7. The van der Waals surface area contributed by atoms with Crippen molar-refractivity contribution in [2.75, 3.05) is 19.0 Å². The van der Waals surface area contributed by atoms with Gasteiger partial charge in [-0.05, 0) is 24.6 Å². The first-order valence-electron chi connectivity index (χ1n) is 7.18. The molecule has 0 aliphatic rings. The Hall–Kier alpha value is -1.38. The number of nitrogens with one attached hydrogen (secondary N) is 1. The van der Waals surface area contributed by atoms with Crippen molar-refractivity contribution < 1.29 is 9.13 Å². The third-order valence-corrected chi connectivity index (χ3v) is 3.64. The van der Waals surface area contributed by atoms with Gasteiger partial charge in [-0.2, -0.15) is 0 Å². The smallest absolute Gasteiger partial charge is 0.193 e. The van der Waals surface area contributed by atoms with E-state index in [4.69, 9.17) is 22.1 Å². The molecule has 0 aromatic heterocycles. The van der Waals surface area contributed by atoms with E-state index in [1.165, 1.54) is 6.07 Å². The summed E-state index contributed by atoms with van der Waals surface area (Å²) < 4.78 is 18.8. The van der Waals surface area contributed by atoms with Crippen LogP contribution in [-0.2, 0) is 17.8 Å². The summed E-state index contributed by atoms with van der Waals surface area (Å²) in [5.41, 5.74) is 8.14. The van der Waals surface area contributed by atoms with E-state index >= 15 is 0 Å².